The lowest BCUT2D eigenvalue weighted by atomic mass is 10.2. The number of hydrogen-bond donors (Lipinski definition) is 2. The Hall–Kier alpha value is -3.66. The van der Waals surface area contributed by atoms with E-state index in [9.17, 15) is 4.79 Å². The van der Waals surface area contributed by atoms with Crippen molar-refractivity contribution in [3.63, 3.8) is 0 Å². The fourth-order valence-electron chi connectivity index (χ4n) is 3.20. The van der Waals surface area contributed by atoms with Crippen LogP contribution in [0.4, 0.5) is 5.82 Å². The third-order valence-corrected chi connectivity index (χ3v) is 5.56. The van der Waals surface area contributed by atoms with Gasteiger partial charge in [0.2, 0.25) is 6.79 Å². The third-order valence-electron chi connectivity index (χ3n) is 4.69. The minimum Gasteiger partial charge on any atom is -0.454 e. The maximum atomic E-state index is 12.4. The largest absolute Gasteiger partial charge is 0.454 e. The summed E-state index contributed by atoms with van der Waals surface area (Å²) < 4.78 is 12.3. The van der Waals surface area contributed by atoms with Crippen LogP contribution in [-0.4, -0.2) is 39.0 Å². The summed E-state index contributed by atoms with van der Waals surface area (Å²) in [4.78, 5) is 22.3. The first-order valence-corrected chi connectivity index (χ1v) is 10.3. The van der Waals surface area contributed by atoms with Gasteiger partial charge in [-0.2, -0.15) is 5.10 Å². The van der Waals surface area contributed by atoms with Crippen molar-refractivity contribution in [2.24, 2.45) is 0 Å². The maximum absolute atomic E-state index is 12.4. The summed E-state index contributed by atoms with van der Waals surface area (Å²) in [6.07, 6.45) is 3.26. The molecule has 30 heavy (non-hydrogen) atoms. The van der Waals surface area contributed by atoms with E-state index in [1.165, 1.54) is 11.2 Å². The Morgan fingerprint density at radius 2 is 2.13 bits per heavy atom. The summed E-state index contributed by atoms with van der Waals surface area (Å²) in [6, 6.07) is 9.22. The minimum atomic E-state index is -0.183. The average molecular weight is 422 g/mol. The second-order valence-electron chi connectivity index (χ2n) is 6.58. The van der Waals surface area contributed by atoms with Gasteiger partial charge in [0.05, 0.1) is 24.7 Å². The van der Waals surface area contributed by atoms with E-state index in [-0.39, 0.29) is 12.7 Å². The lowest BCUT2D eigenvalue weighted by Gasteiger charge is -2.08. The summed E-state index contributed by atoms with van der Waals surface area (Å²) in [5.74, 6) is 1.79. The molecule has 1 amide bonds. The van der Waals surface area contributed by atoms with Crippen molar-refractivity contribution in [2.45, 2.75) is 13.1 Å². The molecule has 1 aliphatic rings. The number of thiophene rings is 1. The summed E-state index contributed by atoms with van der Waals surface area (Å²) in [7, 11) is 0. The number of rotatable bonds is 7. The number of fused-ring (bicyclic) bond motifs is 2. The first kappa shape index (κ1) is 18.4. The lowest BCUT2D eigenvalue weighted by molar-refractivity contribution is 0.0951. The van der Waals surface area contributed by atoms with Crippen LogP contribution < -0.4 is 20.1 Å². The quantitative estimate of drug-likeness (QED) is 0.472. The Bertz CT molecular complexity index is 1190. The standard InChI is InChI=1S/C20H18N6O3S/c27-20(13-3-4-16-17(8-13)29-12-28-16)21-5-6-26-19-15(10-25-26)18(23-11-24-19)22-9-14-2-1-7-30-14/h1-4,7-8,10-11H,5-6,9,12H2,(H,21,27)(H,22,23,24). The summed E-state index contributed by atoms with van der Waals surface area (Å²) in [5.41, 5.74) is 1.24. The van der Waals surface area contributed by atoms with Crippen LogP contribution in [0.2, 0.25) is 0 Å². The number of carbonyl (C=O) groups is 1. The first-order chi connectivity index (χ1) is 14.8. The van der Waals surface area contributed by atoms with Gasteiger partial charge in [0.1, 0.15) is 12.1 Å². The number of benzene rings is 1. The highest BCUT2D eigenvalue weighted by molar-refractivity contribution is 7.09. The molecule has 10 heteroatoms. The lowest BCUT2D eigenvalue weighted by Crippen LogP contribution is -2.27. The van der Waals surface area contributed by atoms with Gasteiger partial charge in [-0.25, -0.2) is 14.6 Å². The molecule has 0 unspecified atom stereocenters. The van der Waals surface area contributed by atoms with E-state index in [0.29, 0.717) is 36.7 Å². The molecule has 2 N–H and O–H groups in total. The molecule has 0 saturated heterocycles. The SMILES string of the molecule is O=C(NCCn1ncc2c(NCc3cccs3)ncnc21)c1ccc2c(c1)OCO2. The van der Waals surface area contributed by atoms with Gasteiger partial charge in [-0.15, -0.1) is 11.3 Å². The minimum absolute atomic E-state index is 0.179. The molecule has 0 spiro atoms. The summed E-state index contributed by atoms with van der Waals surface area (Å²) >= 11 is 1.69. The van der Waals surface area contributed by atoms with E-state index in [0.717, 1.165) is 16.9 Å². The molecule has 5 rings (SSSR count). The number of aromatic nitrogens is 4. The fraction of sp³-hybridized carbons (Fsp3) is 0.200. The zero-order valence-electron chi connectivity index (χ0n) is 15.9. The van der Waals surface area contributed by atoms with Gasteiger partial charge in [-0.05, 0) is 29.6 Å². The molecule has 0 aliphatic carbocycles. The van der Waals surface area contributed by atoms with Gasteiger partial charge in [-0.3, -0.25) is 4.79 Å². The van der Waals surface area contributed by atoms with Crippen molar-refractivity contribution in [3.8, 4) is 11.5 Å². The zero-order valence-corrected chi connectivity index (χ0v) is 16.7. The fourth-order valence-corrected chi connectivity index (χ4v) is 3.84. The van der Waals surface area contributed by atoms with Gasteiger partial charge < -0.3 is 20.1 Å². The van der Waals surface area contributed by atoms with Gasteiger partial charge in [0.25, 0.3) is 5.91 Å². The Morgan fingerprint density at radius 1 is 1.20 bits per heavy atom. The Labute approximate surface area is 175 Å². The highest BCUT2D eigenvalue weighted by atomic mass is 32.1. The predicted molar refractivity (Wildman–Crippen MR) is 112 cm³/mol. The molecule has 4 heterocycles. The van der Waals surface area contributed by atoms with E-state index < -0.39 is 0 Å². The average Bonchev–Trinajstić information content (AvgIpc) is 3.52. The topological polar surface area (TPSA) is 103 Å². The van der Waals surface area contributed by atoms with E-state index in [2.05, 4.69) is 31.8 Å². The third kappa shape index (κ3) is 3.64. The second kappa shape index (κ2) is 7.99. The van der Waals surface area contributed by atoms with Crippen molar-refractivity contribution in [1.82, 2.24) is 25.1 Å². The Kier molecular flexibility index (Phi) is 4.89. The van der Waals surface area contributed by atoms with Crippen molar-refractivity contribution in [1.29, 1.82) is 0 Å². The number of ether oxygens (including phenoxy) is 2. The van der Waals surface area contributed by atoms with Crippen molar-refractivity contribution in [3.05, 3.63) is 58.7 Å². The molecule has 4 aromatic rings. The van der Waals surface area contributed by atoms with Crippen LogP contribution in [0.25, 0.3) is 11.0 Å². The highest BCUT2D eigenvalue weighted by Crippen LogP contribution is 2.32. The molecule has 0 bridgehead atoms. The zero-order chi connectivity index (χ0) is 20.3. The predicted octanol–water partition coefficient (Wildman–Crippen LogP) is 2.66. The molecule has 0 fully saturated rings. The maximum Gasteiger partial charge on any atom is 0.251 e. The molecular weight excluding hydrogens is 404 g/mol. The smallest absolute Gasteiger partial charge is 0.251 e. The van der Waals surface area contributed by atoms with E-state index in [1.54, 1.807) is 40.4 Å². The number of nitrogens with one attached hydrogen (secondary N) is 2. The van der Waals surface area contributed by atoms with Gasteiger partial charge in [-0.1, -0.05) is 6.07 Å². The number of carbonyl (C=O) groups excluding carboxylic acids is 1. The Balaban J connectivity index is 1.22. The molecule has 1 aliphatic heterocycles. The molecule has 0 saturated carbocycles. The summed E-state index contributed by atoms with van der Waals surface area (Å²) in [6.45, 7) is 1.77. The number of amides is 1. The molecule has 152 valence electrons. The summed E-state index contributed by atoms with van der Waals surface area (Å²) in [5, 5.41) is 13.5. The van der Waals surface area contributed by atoms with Crippen LogP contribution in [-0.2, 0) is 13.1 Å². The first-order valence-electron chi connectivity index (χ1n) is 9.38. The molecule has 0 radical (unpaired) electrons. The second-order valence-corrected chi connectivity index (χ2v) is 7.62. The monoisotopic (exact) mass is 422 g/mol. The van der Waals surface area contributed by atoms with Crippen molar-refractivity contribution >= 4 is 34.1 Å². The number of hydrogen-bond acceptors (Lipinski definition) is 8. The van der Waals surface area contributed by atoms with Gasteiger partial charge >= 0.3 is 0 Å². The molecular formula is C20H18N6O3S. The number of anilines is 1. The number of nitrogens with zero attached hydrogens (tertiary/aromatic N) is 4. The van der Waals surface area contributed by atoms with Crippen LogP contribution in [0, 0.1) is 0 Å². The van der Waals surface area contributed by atoms with Gasteiger partial charge in [0.15, 0.2) is 17.1 Å². The van der Waals surface area contributed by atoms with E-state index in [1.807, 2.05) is 11.4 Å². The van der Waals surface area contributed by atoms with Crippen molar-refractivity contribution in [2.75, 3.05) is 18.7 Å². The van der Waals surface area contributed by atoms with E-state index in [4.69, 9.17) is 9.47 Å². The van der Waals surface area contributed by atoms with Gasteiger partial charge in [0, 0.05) is 17.0 Å². The van der Waals surface area contributed by atoms with Crippen LogP contribution in [0.5, 0.6) is 11.5 Å². The van der Waals surface area contributed by atoms with Crippen LogP contribution >= 0.6 is 11.3 Å². The molecule has 1 aromatic carbocycles. The van der Waals surface area contributed by atoms with Crippen molar-refractivity contribution < 1.29 is 14.3 Å². The van der Waals surface area contributed by atoms with E-state index >= 15 is 0 Å². The highest BCUT2D eigenvalue weighted by Gasteiger charge is 2.16. The van der Waals surface area contributed by atoms with Crippen LogP contribution in [0.1, 0.15) is 15.2 Å². The van der Waals surface area contributed by atoms with Crippen LogP contribution in [0.15, 0.2) is 48.2 Å². The Morgan fingerprint density at radius 3 is 3.03 bits per heavy atom. The molecule has 9 nitrogen and oxygen atoms in total. The normalized spacial score (nSPS) is 12.3. The van der Waals surface area contributed by atoms with Crippen LogP contribution in [0.3, 0.4) is 0 Å². The molecule has 3 aromatic heterocycles. The molecule has 0 atom stereocenters.